The fraction of sp³-hybridized carbons (Fsp3) is 0.889. The molecule has 0 aromatic carbocycles. The summed E-state index contributed by atoms with van der Waals surface area (Å²) in [5.74, 6) is 0.253. The lowest BCUT2D eigenvalue weighted by molar-refractivity contribution is -0.128. The largest absolute Gasteiger partial charge is 0.329 e. The molecule has 1 aliphatic rings. The van der Waals surface area contributed by atoms with E-state index >= 15 is 0 Å². The lowest BCUT2D eigenvalue weighted by atomic mass is 10.2. The minimum atomic E-state index is 0.0740. The zero-order chi connectivity index (χ0) is 9.14. The number of likely N-dealkylation sites (N-methyl/N-ethyl adjacent to an activating group) is 1. The molecule has 0 aliphatic carbocycles. The summed E-state index contributed by atoms with van der Waals surface area (Å²) in [6.07, 6.45) is 3.27. The van der Waals surface area contributed by atoms with Gasteiger partial charge in [0.1, 0.15) is 0 Å². The van der Waals surface area contributed by atoms with Crippen LogP contribution in [0.25, 0.3) is 0 Å². The van der Waals surface area contributed by atoms with Crippen molar-refractivity contribution < 1.29 is 4.79 Å². The van der Waals surface area contributed by atoms with Crippen LogP contribution in [0, 0.1) is 0 Å². The molecule has 1 rings (SSSR count). The monoisotopic (exact) mass is 170 g/mol. The molecule has 3 nitrogen and oxygen atoms in total. The summed E-state index contributed by atoms with van der Waals surface area (Å²) in [5, 5.41) is 3.32. The van der Waals surface area contributed by atoms with E-state index in [1.54, 1.807) is 0 Å². The van der Waals surface area contributed by atoms with Crippen molar-refractivity contribution in [2.45, 2.75) is 45.3 Å². The van der Waals surface area contributed by atoms with Crippen molar-refractivity contribution in [3.63, 3.8) is 0 Å². The molecule has 1 saturated heterocycles. The van der Waals surface area contributed by atoms with E-state index in [0.717, 1.165) is 19.3 Å². The van der Waals surface area contributed by atoms with Crippen LogP contribution in [0.15, 0.2) is 0 Å². The Hall–Kier alpha value is -0.570. The maximum absolute atomic E-state index is 11.5. The Morgan fingerprint density at radius 3 is 2.58 bits per heavy atom. The molecule has 2 atom stereocenters. The highest BCUT2D eigenvalue weighted by Crippen LogP contribution is 2.14. The van der Waals surface area contributed by atoms with E-state index in [-0.39, 0.29) is 18.1 Å². The molecule has 1 heterocycles. The van der Waals surface area contributed by atoms with E-state index in [1.165, 1.54) is 0 Å². The molecule has 0 aromatic heterocycles. The Balaban J connectivity index is 2.54. The van der Waals surface area contributed by atoms with Gasteiger partial charge in [-0.25, -0.2) is 0 Å². The van der Waals surface area contributed by atoms with Crippen LogP contribution in [0.3, 0.4) is 0 Å². The first-order valence-corrected chi connectivity index (χ1v) is 4.73. The van der Waals surface area contributed by atoms with Crippen molar-refractivity contribution in [1.82, 2.24) is 10.2 Å². The first-order chi connectivity index (χ1) is 5.70. The first kappa shape index (κ1) is 9.52. The van der Waals surface area contributed by atoms with Gasteiger partial charge < -0.3 is 4.90 Å². The Bertz CT molecular complexity index is 170. The summed E-state index contributed by atoms with van der Waals surface area (Å²) in [4.78, 5) is 13.3. The summed E-state index contributed by atoms with van der Waals surface area (Å²) in [7, 11) is 1.87. The van der Waals surface area contributed by atoms with Gasteiger partial charge in [-0.05, 0) is 12.8 Å². The number of hydrogen-bond donors (Lipinski definition) is 1. The SMILES string of the molecule is CCCC1NC(CC)N(C)C1=O. The van der Waals surface area contributed by atoms with Gasteiger partial charge in [-0.15, -0.1) is 0 Å². The van der Waals surface area contributed by atoms with Crippen molar-refractivity contribution in [3.8, 4) is 0 Å². The third-order valence-corrected chi connectivity index (χ3v) is 2.47. The minimum Gasteiger partial charge on any atom is -0.329 e. The highest BCUT2D eigenvalue weighted by molar-refractivity contribution is 5.83. The topological polar surface area (TPSA) is 32.3 Å². The van der Waals surface area contributed by atoms with Crippen LogP contribution in [0.1, 0.15) is 33.1 Å². The van der Waals surface area contributed by atoms with Crippen LogP contribution < -0.4 is 5.32 Å². The van der Waals surface area contributed by atoms with Gasteiger partial charge >= 0.3 is 0 Å². The van der Waals surface area contributed by atoms with Gasteiger partial charge in [-0.1, -0.05) is 20.3 Å². The number of carbonyl (C=O) groups is 1. The van der Waals surface area contributed by atoms with Crippen molar-refractivity contribution in [3.05, 3.63) is 0 Å². The molecule has 0 aromatic rings. The van der Waals surface area contributed by atoms with Crippen molar-refractivity contribution in [1.29, 1.82) is 0 Å². The Morgan fingerprint density at radius 1 is 1.50 bits per heavy atom. The number of amides is 1. The standard InChI is InChI=1S/C9H18N2O/c1-4-6-7-9(12)11(3)8(5-2)10-7/h7-8,10H,4-6H2,1-3H3. The summed E-state index contributed by atoms with van der Waals surface area (Å²) in [6.45, 7) is 4.20. The quantitative estimate of drug-likeness (QED) is 0.684. The lowest BCUT2D eigenvalue weighted by Crippen LogP contribution is -2.33. The smallest absolute Gasteiger partial charge is 0.240 e. The van der Waals surface area contributed by atoms with Gasteiger partial charge in [-0.3, -0.25) is 10.1 Å². The van der Waals surface area contributed by atoms with Gasteiger partial charge in [0, 0.05) is 7.05 Å². The van der Waals surface area contributed by atoms with E-state index in [1.807, 2.05) is 11.9 Å². The molecule has 0 bridgehead atoms. The normalized spacial score (nSPS) is 29.9. The zero-order valence-corrected chi connectivity index (χ0v) is 8.13. The predicted molar refractivity (Wildman–Crippen MR) is 48.7 cm³/mol. The second-order valence-electron chi connectivity index (χ2n) is 3.38. The number of rotatable bonds is 3. The highest BCUT2D eigenvalue weighted by atomic mass is 16.2. The van der Waals surface area contributed by atoms with Crippen LogP contribution in [0.2, 0.25) is 0 Å². The van der Waals surface area contributed by atoms with Gasteiger partial charge in [-0.2, -0.15) is 0 Å². The Kier molecular flexibility index (Phi) is 3.09. The molecule has 1 amide bonds. The number of nitrogens with zero attached hydrogens (tertiary/aromatic N) is 1. The molecule has 2 unspecified atom stereocenters. The van der Waals surface area contributed by atoms with E-state index < -0.39 is 0 Å². The average Bonchev–Trinajstić information content (AvgIpc) is 2.33. The number of nitrogens with one attached hydrogen (secondary N) is 1. The maximum atomic E-state index is 11.5. The molecule has 3 heteroatoms. The van der Waals surface area contributed by atoms with Crippen LogP contribution in [0.5, 0.6) is 0 Å². The molecule has 1 N–H and O–H groups in total. The zero-order valence-electron chi connectivity index (χ0n) is 8.13. The fourth-order valence-corrected chi connectivity index (χ4v) is 1.70. The Morgan fingerprint density at radius 2 is 2.17 bits per heavy atom. The maximum Gasteiger partial charge on any atom is 0.240 e. The van der Waals surface area contributed by atoms with E-state index in [2.05, 4.69) is 19.2 Å². The van der Waals surface area contributed by atoms with Crippen molar-refractivity contribution in [2.75, 3.05) is 7.05 Å². The third kappa shape index (κ3) is 1.61. The summed E-state index contributed by atoms with van der Waals surface area (Å²) < 4.78 is 0. The third-order valence-electron chi connectivity index (χ3n) is 2.47. The summed E-state index contributed by atoms with van der Waals surface area (Å²) >= 11 is 0. The van der Waals surface area contributed by atoms with E-state index in [9.17, 15) is 4.79 Å². The van der Waals surface area contributed by atoms with E-state index in [0.29, 0.717) is 0 Å². The molecular weight excluding hydrogens is 152 g/mol. The number of hydrogen-bond acceptors (Lipinski definition) is 2. The average molecular weight is 170 g/mol. The fourth-order valence-electron chi connectivity index (χ4n) is 1.70. The molecule has 1 aliphatic heterocycles. The molecule has 0 saturated carbocycles. The molecular formula is C9H18N2O. The van der Waals surface area contributed by atoms with Gasteiger partial charge in [0.05, 0.1) is 12.2 Å². The van der Waals surface area contributed by atoms with Gasteiger partial charge in [0.15, 0.2) is 0 Å². The second kappa shape index (κ2) is 3.90. The highest BCUT2D eigenvalue weighted by Gasteiger charge is 2.34. The minimum absolute atomic E-state index is 0.0740. The van der Waals surface area contributed by atoms with Crippen molar-refractivity contribution >= 4 is 5.91 Å². The second-order valence-corrected chi connectivity index (χ2v) is 3.38. The van der Waals surface area contributed by atoms with Crippen LogP contribution in [-0.4, -0.2) is 30.1 Å². The van der Waals surface area contributed by atoms with Crippen LogP contribution in [0.4, 0.5) is 0 Å². The molecule has 70 valence electrons. The van der Waals surface area contributed by atoms with Crippen LogP contribution >= 0.6 is 0 Å². The summed E-state index contributed by atoms with van der Waals surface area (Å²) in [5.41, 5.74) is 0. The van der Waals surface area contributed by atoms with Gasteiger partial charge in [0.2, 0.25) is 5.91 Å². The van der Waals surface area contributed by atoms with Gasteiger partial charge in [0.25, 0.3) is 0 Å². The first-order valence-electron chi connectivity index (χ1n) is 4.73. The molecule has 12 heavy (non-hydrogen) atoms. The summed E-state index contributed by atoms with van der Waals surface area (Å²) in [6, 6.07) is 0.0740. The number of carbonyl (C=O) groups excluding carboxylic acids is 1. The molecule has 1 fully saturated rings. The predicted octanol–water partition coefficient (Wildman–Crippen LogP) is 0.953. The lowest BCUT2D eigenvalue weighted by Gasteiger charge is -2.16. The van der Waals surface area contributed by atoms with Crippen molar-refractivity contribution in [2.24, 2.45) is 0 Å². The molecule has 0 radical (unpaired) electrons. The Labute approximate surface area is 74.1 Å². The molecule has 0 spiro atoms. The van der Waals surface area contributed by atoms with E-state index in [4.69, 9.17) is 0 Å². The van der Waals surface area contributed by atoms with Crippen LogP contribution in [-0.2, 0) is 4.79 Å².